The van der Waals surface area contributed by atoms with Crippen molar-refractivity contribution in [1.29, 1.82) is 0 Å². The molecule has 0 aliphatic carbocycles. The molecule has 96 valence electrons. The topological polar surface area (TPSA) is 50.9 Å². The Balaban J connectivity index is 2.28. The summed E-state index contributed by atoms with van der Waals surface area (Å²) in [6, 6.07) is 6.45. The lowest BCUT2D eigenvalue weighted by Crippen LogP contribution is -2.30. The van der Waals surface area contributed by atoms with Gasteiger partial charge in [0, 0.05) is 17.5 Å². The van der Waals surface area contributed by atoms with Crippen LogP contribution in [0, 0.1) is 20.8 Å². The number of hydrazine groups is 1. The van der Waals surface area contributed by atoms with Gasteiger partial charge in [0.1, 0.15) is 0 Å². The predicted octanol–water partition coefficient (Wildman–Crippen LogP) is 2.82. The van der Waals surface area contributed by atoms with Crippen LogP contribution in [0.4, 0.5) is 0 Å². The first-order chi connectivity index (χ1) is 8.61. The lowest BCUT2D eigenvalue weighted by Gasteiger charge is -2.19. The van der Waals surface area contributed by atoms with E-state index < -0.39 is 0 Å². The highest BCUT2D eigenvalue weighted by atomic mass is 32.1. The van der Waals surface area contributed by atoms with Crippen LogP contribution in [0.25, 0.3) is 0 Å². The van der Waals surface area contributed by atoms with Gasteiger partial charge in [-0.2, -0.15) is 0 Å². The summed E-state index contributed by atoms with van der Waals surface area (Å²) in [5, 5.41) is 3.20. The molecule has 2 rings (SSSR count). The van der Waals surface area contributed by atoms with Crippen LogP contribution in [0.3, 0.4) is 0 Å². The summed E-state index contributed by atoms with van der Waals surface area (Å²) >= 11 is 1.69. The van der Waals surface area contributed by atoms with Crippen LogP contribution >= 0.6 is 11.3 Å². The summed E-state index contributed by atoms with van der Waals surface area (Å²) in [4.78, 5) is 4.51. The minimum atomic E-state index is 0.122. The van der Waals surface area contributed by atoms with Crippen LogP contribution in [0.1, 0.15) is 33.4 Å². The van der Waals surface area contributed by atoms with E-state index in [0.717, 1.165) is 17.1 Å². The Bertz CT molecular complexity index is 513. The molecule has 3 N–H and O–H groups in total. The molecule has 0 saturated heterocycles. The van der Waals surface area contributed by atoms with Crippen molar-refractivity contribution in [3.63, 3.8) is 0 Å². The van der Waals surface area contributed by atoms with Crippen molar-refractivity contribution in [2.75, 3.05) is 0 Å². The molecule has 1 atom stereocenters. The molecule has 1 heterocycles. The number of nitrogens with one attached hydrogen (secondary N) is 1. The van der Waals surface area contributed by atoms with Gasteiger partial charge < -0.3 is 0 Å². The molecule has 0 bridgehead atoms. The van der Waals surface area contributed by atoms with Crippen molar-refractivity contribution >= 4 is 11.3 Å². The molecule has 0 radical (unpaired) electrons. The Morgan fingerprint density at radius 3 is 2.44 bits per heavy atom. The number of nitrogens with zero attached hydrogens (tertiary/aromatic N) is 1. The Labute approximate surface area is 112 Å². The van der Waals surface area contributed by atoms with Gasteiger partial charge in [-0.1, -0.05) is 18.2 Å². The third kappa shape index (κ3) is 2.77. The third-order valence-electron chi connectivity index (χ3n) is 3.14. The van der Waals surface area contributed by atoms with Crippen LogP contribution in [0.5, 0.6) is 0 Å². The molecule has 0 amide bonds. The van der Waals surface area contributed by atoms with Gasteiger partial charge in [-0.3, -0.25) is 11.3 Å². The zero-order valence-corrected chi connectivity index (χ0v) is 11.8. The normalized spacial score (nSPS) is 12.7. The van der Waals surface area contributed by atoms with Gasteiger partial charge in [0.15, 0.2) is 0 Å². The van der Waals surface area contributed by atoms with E-state index in [1.807, 2.05) is 6.92 Å². The zero-order valence-electron chi connectivity index (χ0n) is 11.0. The van der Waals surface area contributed by atoms with Crippen LogP contribution < -0.4 is 11.3 Å². The highest BCUT2D eigenvalue weighted by molar-refractivity contribution is 7.09. The quantitative estimate of drug-likeness (QED) is 0.657. The monoisotopic (exact) mass is 261 g/mol. The summed E-state index contributed by atoms with van der Waals surface area (Å²) < 4.78 is 0. The number of aryl methyl sites for hydroxylation is 3. The molecule has 1 aromatic heterocycles. The number of benzene rings is 1. The smallest absolute Gasteiger partial charge is 0.0947 e. The SMILES string of the molecule is Cc1csc(CC(NN)c2c(C)cccc2C)n1. The van der Waals surface area contributed by atoms with E-state index in [1.165, 1.54) is 16.7 Å². The molecule has 18 heavy (non-hydrogen) atoms. The Morgan fingerprint density at radius 2 is 1.94 bits per heavy atom. The van der Waals surface area contributed by atoms with Crippen molar-refractivity contribution < 1.29 is 0 Å². The Kier molecular flexibility index (Phi) is 4.11. The zero-order chi connectivity index (χ0) is 13.1. The van der Waals surface area contributed by atoms with E-state index in [4.69, 9.17) is 5.84 Å². The van der Waals surface area contributed by atoms with E-state index in [2.05, 4.69) is 47.8 Å². The number of aromatic nitrogens is 1. The number of hydrogen-bond donors (Lipinski definition) is 2. The molecule has 4 heteroatoms. The highest BCUT2D eigenvalue weighted by Gasteiger charge is 2.16. The average Bonchev–Trinajstić information content (AvgIpc) is 2.73. The van der Waals surface area contributed by atoms with Crippen molar-refractivity contribution in [3.05, 3.63) is 51.0 Å². The standard InChI is InChI=1S/C14H19N3S/c1-9-5-4-6-10(2)14(9)12(17-15)7-13-16-11(3)8-18-13/h4-6,8,12,17H,7,15H2,1-3H3. The largest absolute Gasteiger partial charge is 0.271 e. The highest BCUT2D eigenvalue weighted by Crippen LogP contribution is 2.25. The second-order valence-electron chi connectivity index (χ2n) is 4.61. The molecule has 0 saturated carbocycles. The van der Waals surface area contributed by atoms with Crippen molar-refractivity contribution in [2.24, 2.45) is 5.84 Å². The van der Waals surface area contributed by atoms with E-state index in [1.54, 1.807) is 11.3 Å². The summed E-state index contributed by atoms with van der Waals surface area (Å²) in [6.45, 7) is 6.27. The minimum Gasteiger partial charge on any atom is -0.271 e. The molecular weight excluding hydrogens is 242 g/mol. The Hall–Kier alpha value is -1.23. The molecule has 1 aromatic carbocycles. The molecular formula is C14H19N3S. The molecule has 0 aliphatic rings. The van der Waals surface area contributed by atoms with Crippen LogP contribution in [0.2, 0.25) is 0 Å². The van der Waals surface area contributed by atoms with Gasteiger partial charge in [-0.25, -0.2) is 4.98 Å². The van der Waals surface area contributed by atoms with Crippen LogP contribution in [0.15, 0.2) is 23.6 Å². The molecule has 0 spiro atoms. The predicted molar refractivity (Wildman–Crippen MR) is 76.5 cm³/mol. The first-order valence-corrected chi connectivity index (χ1v) is 6.93. The van der Waals surface area contributed by atoms with Gasteiger partial charge in [0.05, 0.1) is 11.0 Å². The number of thiazole rings is 1. The molecule has 2 aromatic rings. The minimum absolute atomic E-state index is 0.122. The summed E-state index contributed by atoms with van der Waals surface area (Å²) in [6.07, 6.45) is 0.834. The molecule has 3 nitrogen and oxygen atoms in total. The Morgan fingerprint density at radius 1 is 1.28 bits per heavy atom. The van der Waals surface area contributed by atoms with E-state index >= 15 is 0 Å². The first kappa shape index (κ1) is 13.2. The third-order valence-corrected chi connectivity index (χ3v) is 4.13. The fourth-order valence-electron chi connectivity index (χ4n) is 2.29. The van der Waals surface area contributed by atoms with E-state index in [-0.39, 0.29) is 6.04 Å². The number of nitrogens with two attached hydrogens (primary N) is 1. The van der Waals surface area contributed by atoms with Crippen molar-refractivity contribution in [2.45, 2.75) is 33.2 Å². The van der Waals surface area contributed by atoms with Crippen LogP contribution in [-0.2, 0) is 6.42 Å². The fourth-order valence-corrected chi connectivity index (χ4v) is 3.11. The fraction of sp³-hybridized carbons (Fsp3) is 0.357. The maximum atomic E-state index is 5.72. The van der Waals surface area contributed by atoms with Gasteiger partial charge in [0.2, 0.25) is 0 Å². The van der Waals surface area contributed by atoms with Gasteiger partial charge in [-0.15, -0.1) is 11.3 Å². The maximum absolute atomic E-state index is 5.72. The molecule has 1 unspecified atom stereocenters. The van der Waals surface area contributed by atoms with Crippen LogP contribution in [-0.4, -0.2) is 4.98 Å². The first-order valence-electron chi connectivity index (χ1n) is 6.05. The summed E-state index contributed by atoms with van der Waals surface area (Å²) in [5.74, 6) is 5.72. The number of rotatable bonds is 4. The average molecular weight is 261 g/mol. The number of hydrogen-bond acceptors (Lipinski definition) is 4. The molecule has 0 aliphatic heterocycles. The van der Waals surface area contributed by atoms with E-state index in [9.17, 15) is 0 Å². The summed E-state index contributed by atoms with van der Waals surface area (Å²) in [7, 11) is 0. The summed E-state index contributed by atoms with van der Waals surface area (Å²) in [5.41, 5.74) is 7.82. The lowest BCUT2D eigenvalue weighted by molar-refractivity contribution is 0.545. The second-order valence-corrected chi connectivity index (χ2v) is 5.55. The van der Waals surface area contributed by atoms with E-state index in [0.29, 0.717) is 0 Å². The maximum Gasteiger partial charge on any atom is 0.0947 e. The van der Waals surface area contributed by atoms with Gasteiger partial charge in [0.25, 0.3) is 0 Å². The van der Waals surface area contributed by atoms with Crippen molar-refractivity contribution in [1.82, 2.24) is 10.4 Å². The second kappa shape index (κ2) is 5.61. The lowest BCUT2D eigenvalue weighted by atomic mass is 9.95. The molecule has 0 fully saturated rings. The van der Waals surface area contributed by atoms with Crippen molar-refractivity contribution in [3.8, 4) is 0 Å². The van der Waals surface area contributed by atoms with Gasteiger partial charge in [-0.05, 0) is 37.5 Å². The van der Waals surface area contributed by atoms with Gasteiger partial charge >= 0.3 is 0 Å².